The van der Waals surface area contributed by atoms with Crippen LogP contribution in [0.4, 0.5) is 0 Å². The second-order valence-electron chi connectivity index (χ2n) is 7.50. The van der Waals surface area contributed by atoms with E-state index in [-0.39, 0.29) is 24.4 Å². The average molecular weight is 350 g/mol. The lowest BCUT2D eigenvalue weighted by Crippen LogP contribution is -2.30. The second kappa shape index (κ2) is 6.08. The van der Waals surface area contributed by atoms with Gasteiger partial charge in [0, 0.05) is 16.6 Å². The predicted octanol–water partition coefficient (Wildman–Crippen LogP) is 2.90. The van der Waals surface area contributed by atoms with Crippen LogP contribution < -0.4 is 4.74 Å². The molecule has 2 aromatic carbocycles. The third kappa shape index (κ3) is 2.49. The third-order valence-corrected chi connectivity index (χ3v) is 5.50. The summed E-state index contributed by atoms with van der Waals surface area (Å²) in [4.78, 5) is 13.2. The van der Waals surface area contributed by atoms with Gasteiger partial charge in [0.05, 0.1) is 6.61 Å². The summed E-state index contributed by atoms with van der Waals surface area (Å²) in [7, 11) is 0. The van der Waals surface area contributed by atoms with Crippen LogP contribution in [0.25, 0.3) is 5.57 Å². The topological polar surface area (TPSA) is 66.8 Å². The number of Topliss-reactive ketones (excluding diaryl/α,β-unsaturated/α-hetero) is 1. The Bertz CT molecular complexity index is 923. The number of aliphatic hydroxyl groups excluding tert-OH is 2. The molecule has 26 heavy (non-hydrogen) atoms. The molecule has 134 valence electrons. The summed E-state index contributed by atoms with van der Waals surface area (Å²) < 4.78 is 5.59. The highest BCUT2D eigenvalue weighted by Crippen LogP contribution is 2.50. The van der Waals surface area contributed by atoms with Crippen LogP contribution in [0.2, 0.25) is 0 Å². The number of carbonyl (C=O) groups is 1. The van der Waals surface area contributed by atoms with Gasteiger partial charge in [-0.2, -0.15) is 0 Å². The molecule has 0 aromatic heterocycles. The van der Waals surface area contributed by atoms with E-state index in [0.29, 0.717) is 11.3 Å². The van der Waals surface area contributed by atoms with Crippen LogP contribution >= 0.6 is 0 Å². The van der Waals surface area contributed by atoms with Gasteiger partial charge in [-0.3, -0.25) is 4.79 Å². The first-order valence-corrected chi connectivity index (χ1v) is 8.86. The Labute approximate surface area is 152 Å². The third-order valence-electron chi connectivity index (χ3n) is 5.50. The molecule has 0 unspecified atom stereocenters. The SMILES string of the molecule is CC1(C)C2=C(C(=O)c3ccc(OC[C@H](O)CO)cc31)c1ccccc1C2. The quantitative estimate of drug-likeness (QED) is 0.890. The van der Waals surface area contributed by atoms with Crippen LogP contribution in [0.3, 0.4) is 0 Å². The molecule has 4 heteroatoms. The number of hydrogen-bond donors (Lipinski definition) is 2. The fourth-order valence-electron chi connectivity index (χ4n) is 4.02. The molecule has 0 fully saturated rings. The molecule has 4 nitrogen and oxygen atoms in total. The first-order chi connectivity index (χ1) is 12.4. The van der Waals surface area contributed by atoms with Crippen LogP contribution in [-0.4, -0.2) is 35.3 Å². The van der Waals surface area contributed by atoms with Crippen LogP contribution in [0.15, 0.2) is 48.0 Å². The molecular formula is C22H22O4. The van der Waals surface area contributed by atoms with E-state index < -0.39 is 6.10 Å². The highest BCUT2D eigenvalue weighted by molar-refractivity contribution is 6.32. The van der Waals surface area contributed by atoms with Crippen molar-refractivity contribution < 1.29 is 19.7 Å². The molecule has 0 aliphatic heterocycles. The highest BCUT2D eigenvalue weighted by Gasteiger charge is 2.42. The Balaban J connectivity index is 1.76. The van der Waals surface area contributed by atoms with Crippen LogP contribution in [-0.2, 0) is 11.8 Å². The van der Waals surface area contributed by atoms with Crippen LogP contribution in [0.5, 0.6) is 5.75 Å². The number of fused-ring (bicyclic) bond motifs is 3. The molecule has 0 saturated heterocycles. The van der Waals surface area contributed by atoms with Crippen molar-refractivity contribution in [1.29, 1.82) is 0 Å². The van der Waals surface area contributed by atoms with Gasteiger partial charge in [-0.25, -0.2) is 0 Å². The van der Waals surface area contributed by atoms with Crippen molar-refractivity contribution in [1.82, 2.24) is 0 Å². The van der Waals surface area contributed by atoms with E-state index >= 15 is 0 Å². The Morgan fingerprint density at radius 2 is 1.92 bits per heavy atom. The van der Waals surface area contributed by atoms with Crippen molar-refractivity contribution in [2.24, 2.45) is 0 Å². The van der Waals surface area contributed by atoms with Gasteiger partial charge in [-0.1, -0.05) is 38.1 Å². The number of allylic oxidation sites excluding steroid dienone is 2. The van der Waals surface area contributed by atoms with Crippen molar-refractivity contribution in [2.75, 3.05) is 13.2 Å². The van der Waals surface area contributed by atoms with E-state index in [4.69, 9.17) is 9.84 Å². The van der Waals surface area contributed by atoms with Gasteiger partial charge in [0.1, 0.15) is 18.5 Å². The molecule has 1 atom stereocenters. The molecule has 2 aliphatic carbocycles. The maximum Gasteiger partial charge on any atom is 0.193 e. The summed E-state index contributed by atoms with van der Waals surface area (Å²) in [6, 6.07) is 13.6. The van der Waals surface area contributed by atoms with E-state index in [1.807, 2.05) is 30.3 Å². The van der Waals surface area contributed by atoms with Crippen molar-refractivity contribution in [3.63, 3.8) is 0 Å². The van der Waals surface area contributed by atoms with Gasteiger partial charge in [-0.15, -0.1) is 0 Å². The van der Waals surface area contributed by atoms with Crippen molar-refractivity contribution in [3.05, 3.63) is 70.3 Å². The molecular weight excluding hydrogens is 328 g/mol. The number of carbonyl (C=O) groups excluding carboxylic acids is 1. The number of benzene rings is 2. The molecule has 0 spiro atoms. The lowest BCUT2D eigenvalue weighted by molar-refractivity contribution is 0.0535. The Hall–Kier alpha value is -2.43. The average Bonchev–Trinajstić information content (AvgIpc) is 3.05. The number of ketones is 1. The Morgan fingerprint density at radius 1 is 1.15 bits per heavy atom. The summed E-state index contributed by atoms with van der Waals surface area (Å²) in [6.07, 6.45) is -0.128. The first kappa shape index (κ1) is 17.0. The fourth-order valence-corrected chi connectivity index (χ4v) is 4.02. The zero-order chi connectivity index (χ0) is 18.5. The fraction of sp³-hybridized carbons (Fsp3) is 0.318. The van der Waals surface area contributed by atoms with E-state index in [2.05, 4.69) is 19.9 Å². The number of ether oxygens (including phenoxy) is 1. The van der Waals surface area contributed by atoms with Gasteiger partial charge in [0.2, 0.25) is 0 Å². The van der Waals surface area contributed by atoms with Gasteiger partial charge < -0.3 is 14.9 Å². The smallest absolute Gasteiger partial charge is 0.193 e. The monoisotopic (exact) mass is 350 g/mol. The van der Waals surface area contributed by atoms with Gasteiger partial charge in [-0.05, 0) is 46.9 Å². The Morgan fingerprint density at radius 3 is 2.69 bits per heavy atom. The summed E-state index contributed by atoms with van der Waals surface area (Å²) >= 11 is 0. The minimum atomic E-state index is -0.917. The highest BCUT2D eigenvalue weighted by atomic mass is 16.5. The van der Waals surface area contributed by atoms with Gasteiger partial charge in [0.15, 0.2) is 5.78 Å². The van der Waals surface area contributed by atoms with Crippen molar-refractivity contribution in [3.8, 4) is 5.75 Å². The molecule has 0 saturated carbocycles. The number of rotatable bonds is 4. The normalized spacial score (nSPS) is 18.2. The lowest BCUT2D eigenvalue weighted by Gasteiger charge is -2.34. The van der Waals surface area contributed by atoms with Crippen LogP contribution in [0, 0.1) is 0 Å². The van der Waals surface area contributed by atoms with E-state index in [0.717, 1.165) is 28.7 Å². The standard InChI is InChI=1S/C22H22O4/c1-22(2)18-10-15(26-12-14(24)11-23)7-8-17(18)21(25)20-16-6-4-3-5-13(16)9-19(20)22/h3-8,10,14,23-24H,9,11-12H2,1-2H3/t14-/m1/s1. The molecule has 0 bridgehead atoms. The summed E-state index contributed by atoms with van der Waals surface area (Å²) in [5.74, 6) is 0.665. The lowest BCUT2D eigenvalue weighted by atomic mass is 9.68. The minimum absolute atomic E-state index is 0.0169. The molecule has 2 aromatic rings. The molecule has 4 rings (SSSR count). The maximum atomic E-state index is 13.2. The minimum Gasteiger partial charge on any atom is -0.491 e. The Kier molecular flexibility index (Phi) is 3.98. The molecule has 0 heterocycles. The zero-order valence-electron chi connectivity index (χ0n) is 15.0. The van der Waals surface area contributed by atoms with Crippen molar-refractivity contribution >= 4 is 11.4 Å². The molecule has 2 N–H and O–H groups in total. The van der Waals surface area contributed by atoms with E-state index in [1.54, 1.807) is 6.07 Å². The van der Waals surface area contributed by atoms with Gasteiger partial charge in [0.25, 0.3) is 0 Å². The summed E-state index contributed by atoms with van der Waals surface area (Å²) in [6.45, 7) is 3.96. The second-order valence-corrected chi connectivity index (χ2v) is 7.50. The summed E-state index contributed by atoms with van der Waals surface area (Å²) in [5.41, 5.74) is 5.63. The predicted molar refractivity (Wildman–Crippen MR) is 99.5 cm³/mol. The largest absolute Gasteiger partial charge is 0.491 e. The van der Waals surface area contributed by atoms with E-state index in [1.165, 1.54) is 5.56 Å². The van der Waals surface area contributed by atoms with Crippen LogP contribution in [0.1, 0.15) is 40.9 Å². The zero-order valence-corrected chi connectivity index (χ0v) is 15.0. The van der Waals surface area contributed by atoms with Gasteiger partial charge >= 0.3 is 0 Å². The molecule has 2 aliphatic rings. The maximum absolute atomic E-state index is 13.2. The molecule has 0 radical (unpaired) electrons. The van der Waals surface area contributed by atoms with Crippen molar-refractivity contribution in [2.45, 2.75) is 31.8 Å². The summed E-state index contributed by atoms with van der Waals surface area (Å²) in [5, 5.41) is 18.4. The number of aliphatic hydroxyl groups is 2. The van der Waals surface area contributed by atoms with E-state index in [9.17, 15) is 9.90 Å². The first-order valence-electron chi connectivity index (χ1n) is 8.86. The molecule has 0 amide bonds. The number of hydrogen-bond acceptors (Lipinski definition) is 4.